The quantitative estimate of drug-likeness (QED) is 0.354. The number of carbonyl (C=O) groups is 1. The van der Waals surface area contributed by atoms with Crippen molar-refractivity contribution in [3.63, 3.8) is 0 Å². The lowest BCUT2D eigenvalue weighted by molar-refractivity contribution is 0.0612. The van der Waals surface area contributed by atoms with E-state index < -0.39 is 5.82 Å². The number of nitrogens with one attached hydrogen (secondary N) is 1. The molecule has 256 valence electrons. The fraction of sp³-hybridized carbons (Fsp3) is 0.686. The van der Waals surface area contributed by atoms with Crippen LogP contribution >= 0.6 is 12.1 Å². The van der Waals surface area contributed by atoms with Gasteiger partial charge in [0.25, 0.3) is 5.91 Å². The number of anilines is 1. The molecule has 7 rings (SSSR count). The van der Waals surface area contributed by atoms with Crippen LogP contribution in [0, 0.1) is 17.2 Å². The highest BCUT2D eigenvalue weighted by atomic mass is 32.2. The highest BCUT2D eigenvalue weighted by Gasteiger charge is 2.46. The fourth-order valence-corrected chi connectivity index (χ4v) is 9.66. The molecule has 2 atom stereocenters. The number of likely N-dealkylation sites (tertiary alicyclic amines) is 1. The minimum absolute atomic E-state index is 0.0390. The van der Waals surface area contributed by atoms with Gasteiger partial charge in [-0.05, 0) is 97.0 Å². The lowest BCUT2D eigenvalue weighted by Gasteiger charge is -2.54. The maximum atomic E-state index is 14.4. The van der Waals surface area contributed by atoms with E-state index in [9.17, 15) is 9.18 Å². The van der Waals surface area contributed by atoms with E-state index in [1.807, 2.05) is 39.8 Å². The molecule has 1 aromatic heterocycles. The predicted octanol–water partition coefficient (Wildman–Crippen LogP) is 4.89. The molecule has 2 aromatic rings. The third-order valence-electron chi connectivity index (χ3n) is 11.0. The Morgan fingerprint density at radius 2 is 1.85 bits per heavy atom. The molecule has 5 aliphatic heterocycles. The van der Waals surface area contributed by atoms with E-state index in [-0.39, 0.29) is 23.6 Å². The highest BCUT2D eigenvalue weighted by molar-refractivity contribution is 7.94. The number of halogens is 1. The van der Waals surface area contributed by atoms with Crippen molar-refractivity contribution in [2.45, 2.75) is 84.0 Å². The van der Waals surface area contributed by atoms with E-state index in [0.717, 1.165) is 50.5 Å². The number of rotatable bonds is 10. The van der Waals surface area contributed by atoms with E-state index in [4.69, 9.17) is 4.74 Å². The van der Waals surface area contributed by atoms with Crippen LogP contribution < -0.4 is 15.0 Å². The molecule has 1 aromatic carbocycles. The summed E-state index contributed by atoms with van der Waals surface area (Å²) in [5.74, 6) is 1.59. The van der Waals surface area contributed by atoms with E-state index >= 15 is 0 Å². The first-order valence-corrected chi connectivity index (χ1v) is 18.4. The molecule has 12 heteroatoms. The second kappa shape index (κ2) is 13.8. The summed E-state index contributed by atoms with van der Waals surface area (Å²) < 4.78 is 25.9. The number of carbonyl (C=O) groups excluding carboxylic acids is 1. The third kappa shape index (κ3) is 7.13. The van der Waals surface area contributed by atoms with Crippen molar-refractivity contribution in [1.29, 1.82) is 0 Å². The Hall–Kier alpha value is -2.51. The van der Waals surface area contributed by atoms with Gasteiger partial charge in [0.15, 0.2) is 11.6 Å². The smallest absolute Gasteiger partial charge is 0.258 e. The number of piperazine rings is 1. The fourth-order valence-electron chi connectivity index (χ4n) is 8.45. The van der Waals surface area contributed by atoms with Crippen molar-refractivity contribution in [3.05, 3.63) is 42.1 Å². The maximum absolute atomic E-state index is 14.4. The van der Waals surface area contributed by atoms with Crippen molar-refractivity contribution in [1.82, 2.24) is 33.7 Å². The standard InChI is InChI=1S/C35H51FN8O2S/c1-24(2)44(25(3)4)34(45)30-15-27(36)5-6-31(30)46-32-18-37-23-39-33(32)41-21-35(22-41)9-13-40(14-10-35)19-26-7-11-42(12-8-26)47-43-20-28-16-29(43)17-38-28/h5-6,15,18,23-26,28-29,38H,7-14,16-17,19-22H2,1-4H3. The Balaban J connectivity index is 0.910. The predicted molar refractivity (Wildman–Crippen MR) is 184 cm³/mol. The Kier molecular flexibility index (Phi) is 9.68. The van der Waals surface area contributed by atoms with Gasteiger partial charge in [-0.25, -0.2) is 23.0 Å². The van der Waals surface area contributed by atoms with Gasteiger partial charge in [-0.15, -0.1) is 0 Å². The minimum Gasteiger partial charge on any atom is -0.451 e. The van der Waals surface area contributed by atoms with Gasteiger partial charge in [0.05, 0.1) is 11.8 Å². The molecule has 0 aliphatic carbocycles. The molecular weight excluding hydrogens is 616 g/mol. The molecule has 1 amide bonds. The van der Waals surface area contributed by atoms with E-state index in [2.05, 4.69) is 33.7 Å². The van der Waals surface area contributed by atoms with Gasteiger partial charge >= 0.3 is 0 Å². The first kappa shape index (κ1) is 33.0. The zero-order valence-corrected chi connectivity index (χ0v) is 29.2. The van der Waals surface area contributed by atoms with Gasteiger partial charge in [-0.3, -0.25) is 4.79 Å². The van der Waals surface area contributed by atoms with Crippen LogP contribution in [-0.4, -0.2) is 117 Å². The van der Waals surface area contributed by atoms with Gasteiger partial charge in [0.1, 0.15) is 17.9 Å². The van der Waals surface area contributed by atoms with E-state index in [0.29, 0.717) is 23.0 Å². The molecule has 5 fully saturated rings. The Morgan fingerprint density at radius 1 is 1.11 bits per heavy atom. The SMILES string of the molecule is CC(C)N(C(=O)c1cc(F)ccc1Oc1cncnc1N1CC2(CCN(CC3CCN(SN4CC5CC4CN5)CC3)CC2)C1)C(C)C. The van der Waals surface area contributed by atoms with Crippen LogP contribution in [0.15, 0.2) is 30.7 Å². The number of hydrogen-bond donors (Lipinski definition) is 1. The van der Waals surface area contributed by atoms with Gasteiger partial charge < -0.3 is 24.8 Å². The topological polar surface area (TPSA) is 80.3 Å². The number of aromatic nitrogens is 2. The van der Waals surface area contributed by atoms with Gasteiger partial charge in [-0.1, -0.05) is 0 Å². The van der Waals surface area contributed by atoms with Crippen molar-refractivity contribution in [2.24, 2.45) is 11.3 Å². The summed E-state index contributed by atoms with van der Waals surface area (Å²) in [6.07, 6.45) is 9.50. The van der Waals surface area contributed by atoms with Crippen LogP contribution in [0.25, 0.3) is 0 Å². The van der Waals surface area contributed by atoms with Crippen LogP contribution in [0.2, 0.25) is 0 Å². The van der Waals surface area contributed by atoms with Gasteiger partial charge in [-0.2, -0.15) is 0 Å². The first-order valence-electron chi connectivity index (χ1n) is 17.7. The summed E-state index contributed by atoms with van der Waals surface area (Å²) >= 11 is 2.01. The number of amides is 1. The molecule has 6 heterocycles. The molecular formula is C35H51FN8O2S. The Morgan fingerprint density at radius 3 is 2.51 bits per heavy atom. The molecule has 0 radical (unpaired) electrons. The number of fused-ring (bicyclic) bond motifs is 2. The van der Waals surface area contributed by atoms with Crippen LogP contribution in [0.5, 0.6) is 11.5 Å². The summed E-state index contributed by atoms with van der Waals surface area (Å²) in [5.41, 5.74) is 0.504. The van der Waals surface area contributed by atoms with Gasteiger partial charge in [0, 0.05) is 87.5 Å². The second-order valence-electron chi connectivity index (χ2n) is 15.1. The number of benzene rings is 1. The highest BCUT2D eigenvalue weighted by Crippen LogP contribution is 2.45. The molecule has 10 nitrogen and oxygen atoms in total. The molecule has 47 heavy (non-hydrogen) atoms. The average molecular weight is 667 g/mol. The Bertz CT molecular complexity index is 1400. The molecule has 1 spiro atoms. The minimum atomic E-state index is -0.472. The van der Waals surface area contributed by atoms with Crippen LogP contribution in [0.4, 0.5) is 10.2 Å². The number of hydrogen-bond acceptors (Lipinski definition) is 10. The lowest BCUT2D eigenvalue weighted by atomic mass is 9.72. The molecule has 2 unspecified atom stereocenters. The average Bonchev–Trinajstić information content (AvgIpc) is 3.66. The second-order valence-corrected chi connectivity index (χ2v) is 16.2. The number of ether oxygens (including phenoxy) is 1. The first-order chi connectivity index (χ1) is 22.7. The zero-order chi connectivity index (χ0) is 32.7. The Labute approximate surface area is 283 Å². The number of nitrogens with zero attached hydrogens (tertiary/aromatic N) is 7. The van der Waals surface area contributed by atoms with Crippen molar-refractivity contribution in [3.8, 4) is 11.5 Å². The van der Waals surface area contributed by atoms with Crippen molar-refractivity contribution in [2.75, 3.05) is 63.8 Å². The lowest BCUT2D eigenvalue weighted by Crippen LogP contribution is -2.61. The summed E-state index contributed by atoms with van der Waals surface area (Å²) in [6.45, 7) is 18.0. The molecule has 5 aliphatic rings. The summed E-state index contributed by atoms with van der Waals surface area (Å²) in [6, 6.07) is 5.48. The summed E-state index contributed by atoms with van der Waals surface area (Å²) in [5, 5.41) is 3.61. The summed E-state index contributed by atoms with van der Waals surface area (Å²) in [4.78, 5) is 29.1. The van der Waals surface area contributed by atoms with E-state index in [1.54, 1.807) is 17.4 Å². The van der Waals surface area contributed by atoms with Crippen LogP contribution in [0.1, 0.15) is 70.2 Å². The molecule has 5 saturated heterocycles. The maximum Gasteiger partial charge on any atom is 0.258 e. The summed E-state index contributed by atoms with van der Waals surface area (Å²) in [7, 11) is 0. The van der Waals surface area contributed by atoms with E-state index in [1.165, 1.54) is 76.5 Å². The molecule has 2 bridgehead atoms. The molecule has 0 saturated carbocycles. The zero-order valence-electron chi connectivity index (χ0n) is 28.4. The largest absolute Gasteiger partial charge is 0.451 e. The normalized spacial score (nSPS) is 25.2. The van der Waals surface area contributed by atoms with Gasteiger partial charge in [0.2, 0.25) is 0 Å². The van der Waals surface area contributed by atoms with Crippen molar-refractivity contribution < 1.29 is 13.9 Å². The van der Waals surface area contributed by atoms with Crippen molar-refractivity contribution >= 4 is 23.9 Å². The van der Waals surface area contributed by atoms with Crippen LogP contribution in [-0.2, 0) is 0 Å². The van der Waals surface area contributed by atoms with Crippen LogP contribution in [0.3, 0.4) is 0 Å². The third-order valence-corrected chi connectivity index (χ3v) is 12.2. The molecule has 1 N–H and O–H groups in total. The number of piperidine rings is 2. The monoisotopic (exact) mass is 666 g/mol.